The summed E-state index contributed by atoms with van der Waals surface area (Å²) < 4.78 is 46.8. The Morgan fingerprint density at radius 2 is 1.84 bits per heavy atom. The molecule has 1 aliphatic heterocycles. The second-order valence-corrected chi connectivity index (χ2v) is 13.4. The zero-order chi connectivity index (χ0) is 31.3. The smallest absolute Gasteiger partial charge is 0.256 e. The van der Waals surface area contributed by atoms with Gasteiger partial charge in [0.15, 0.2) is 0 Å². The molecule has 2 amide bonds. The third kappa shape index (κ3) is 5.21. The number of nitrogens with one attached hydrogen (secondary N) is 2. The topological polar surface area (TPSA) is 116 Å². The molecular formula is C33H33FN4O5S. The van der Waals surface area contributed by atoms with E-state index in [2.05, 4.69) is 10.3 Å². The van der Waals surface area contributed by atoms with E-state index in [4.69, 9.17) is 4.42 Å². The van der Waals surface area contributed by atoms with E-state index >= 15 is 0 Å². The number of furan rings is 1. The van der Waals surface area contributed by atoms with Gasteiger partial charge in [-0.15, -0.1) is 0 Å². The Balaban J connectivity index is 1.47. The Kier molecular flexibility index (Phi) is 7.44. The highest BCUT2D eigenvalue weighted by Crippen LogP contribution is 2.42. The molecule has 11 heteroatoms. The van der Waals surface area contributed by atoms with Crippen LogP contribution in [0.15, 0.2) is 65.2 Å². The van der Waals surface area contributed by atoms with E-state index in [9.17, 15) is 22.4 Å². The fourth-order valence-corrected chi connectivity index (χ4v) is 6.56. The second kappa shape index (κ2) is 11.1. The molecule has 3 heterocycles. The molecule has 2 aromatic heterocycles. The SMILES string of the molecule is CNC(=O)c1c(-c2ccc(C)cc2)oc2cc(N(C)S(C)(=O)=O)c([C@H]3CCCN(C(=O)c4c[nH]c5cc(F)ccc45)C3)cc12. The molecule has 2 N–H and O–H groups in total. The van der Waals surface area contributed by atoms with E-state index in [1.807, 2.05) is 37.3 Å². The van der Waals surface area contributed by atoms with Crippen molar-refractivity contribution >= 4 is 49.4 Å². The van der Waals surface area contributed by atoms with Crippen molar-refractivity contribution in [3.63, 3.8) is 0 Å². The monoisotopic (exact) mass is 616 g/mol. The number of amides is 2. The quantitative estimate of drug-likeness (QED) is 0.250. The van der Waals surface area contributed by atoms with Crippen LogP contribution in [0.3, 0.4) is 0 Å². The third-order valence-corrected chi connectivity index (χ3v) is 9.66. The number of sulfonamides is 1. The molecule has 6 rings (SSSR count). The Morgan fingerprint density at radius 3 is 2.55 bits per heavy atom. The number of likely N-dealkylation sites (tertiary alicyclic amines) is 1. The van der Waals surface area contributed by atoms with E-state index < -0.39 is 15.8 Å². The number of hydrogen-bond donors (Lipinski definition) is 2. The second-order valence-electron chi connectivity index (χ2n) is 11.4. The molecule has 0 unspecified atom stereocenters. The lowest BCUT2D eigenvalue weighted by Crippen LogP contribution is -2.39. The van der Waals surface area contributed by atoms with Crippen molar-refractivity contribution in [3.05, 3.63) is 88.9 Å². The van der Waals surface area contributed by atoms with Gasteiger partial charge in [0, 0.05) is 67.2 Å². The van der Waals surface area contributed by atoms with Crippen molar-refractivity contribution in [1.82, 2.24) is 15.2 Å². The van der Waals surface area contributed by atoms with Gasteiger partial charge in [-0.05, 0) is 49.6 Å². The summed E-state index contributed by atoms with van der Waals surface area (Å²) in [5.74, 6) is -0.751. The van der Waals surface area contributed by atoms with Crippen LogP contribution in [0.2, 0.25) is 0 Å². The first-order valence-electron chi connectivity index (χ1n) is 14.4. The van der Waals surface area contributed by atoms with Crippen LogP contribution >= 0.6 is 0 Å². The van der Waals surface area contributed by atoms with Crippen molar-refractivity contribution < 1.29 is 26.8 Å². The normalized spacial score (nSPS) is 15.6. The largest absolute Gasteiger partial charge is 0.455 e. The molecular weight excluding hydrogens is 583 g/mol. The first-order chi connectivity index (χ1) is 21.0. The molecule has 1 aliphatic rings. The summed E-state index contributed by atoms with van der Waals surface area (Å²) in [6.07, 6.45) is 4.12. The lowest BCUT2D eigenvalue weighted by atomic mass is 9.87. The number of hydrogen-bond acceptors (Lipinski definition) is 5. The number of aryl methyl sites for hydroxylation is 1. The summed E-state index contributed by atoms with van der Waals surface area (Å²) in [4.78, 5) is 31.7. The number of carbonyl (C=O) groups excluding carboxylic acids is 2. The molecule has 0 spiro atoms. The minimum atomic E-state index is -3.66. The minimum Gasteiger partial charge on any atom is -0.455 e. The fraction of sp³-hybridized carbons (Fsp3) is 0.273. The predicted octanol–water partition coefficient (Wildman–Crippen LogP) is 5.80. The first kappa shape index (κ1) is 29.4. The van der Waals surface area contributed by atoms with E-state index in [1.54, 1.807) is 30.3 Å². The van der Waals surface area contributed by atoms with Gasteiger partial charge in [0.1, 0.15) is 17.2 Å². The average Bonchev–Trinajstić information content (AvgIpc) is 3.60. The number of nitrogens with zero attached hydrogens (tertiary/aromatic N) is 2. The lowest BCUT2D eigenvalue weighted by molar-refractivity contribution is 0.0709. The summed E-state index contributed by atoms with van der Waals surface area (Å²) >= 11 is 0. The van der Waals surface area contributed by atoms with Gasteiger partial charge in [0.2, 0.25) is 10.0 Å². The van der Waals surface area contributed by atoms with Gasteiger partial charge in [-0.25, -0.2) is 12.8 Å². The summed E-state index contributed by atoms with van der Waals surface area (Å²) in [5.41, 5.74) is 4.62. The molecule has 9 nitrogen and oxygen atoms in total. The number of piperidine rings is 1. The zero-order valence-electron chi connectivity index (χ0n) is 24.9. The summed E-state index contributed by atoms with van der Waals surface area (Å²) in [6.45, 7) is 2.83. The van der Waals surface area contributed by atoms with Crippen LogP contribution in [0.1, 0.15) is 50.6 Å². The molecule has 44 heavy (non-hydrogen) atoms. The van der Waals surface area contributed by atoms with Crippen LogP contribution in [0, 0.1) is 12.7 Å². The number of carbonyl (C=O) groups is 2. The molecule has 228 valence electrons. The maximum Gasteiger partial charge on any atom is 0.256 e. The van der Waals surface area contributed by atoms with Gasteiger partial charge >= 0.3 is 0 Å². The van der Waals surface area contributed by atoms with Crippen molar-refractivity contribution in [3.8, 4) is 11.3 Å². The van der Waals surface area contributed by atoms with E-state index in [0.29, 0.717) is 75.9 Å². The highest BCUT2D eigenvalue weighted by atomic mass is 32.2. The summed E-state index contributed by atoms with van der Waals surface area (Å²) in [7, 11) is -0.625. The number of halogens is 1. The number of anilines is 1. The number of aromatic amines is 1. The van der Waals surface area contributed by atoms with Crippen LogP contribution < -0.4 is 9.62 Å². The Hall–Kier alpha value is -4.64. The fourth-order valence-electron chi connectivity index (χ4n) is 6.05. The number of rotatable bonds is 6. The average molecular weight is 617 g/mol. The van der Waals surface area contributed by atoms with Gasteiger partial charge in [-0.1, -0.05) is 29.8 Å². The van der Waals surface area contributed by atoms with Crippen LogP contribution in [0.25, 0.3) is 33.2 Å². The van der Waals surface area contributed by atoms with Crippen LogP contribution in [-0.2, 0) is 10.0 Å². The van der Waals surface area contributed by atoms with E-state index in [0.717, 1.165) is 17.4 Å². The van der Waals surface area contributed by atoms with Gasteiger partial charge in [0.25, 0.3) is 11.8 Å². The Bertz CT molecular complexity index is 2030. The third-order valence-electron chi connectivity index (χ3n) is 8.46. The Morgan fingerprint density at radius 1 is 1.09 bits per heavy atom. The minimum absolute atomic E-state index is 0.192. The highest BCUT2D eigenvalue weighted by Gasteiger charge is 2.32. The van der Waals surface area contributed by atoms with Gasteiger partial charge in [-0.3, -0.25) is 13.9 Å². The standard InChI is InChI=1S/C33H33FN4O5S/c1-19-7-9-20(10-8-19)31-30(32(39)35-2)25-15-24(28(16-29(25)43-31)37(3)44(4,41)42)21-6-5-13-38(18-21)33(40)26-17-36-27-14-22(34)11-12-23(26)27/h7-12,14-17,21,36H,5-6,13,18H2,1-4H3,(H,35,39)/t21-/m0/s1. The van der Waals surface area contributed by atoms with Crippen molar-refractivity contribution in [2.45, 2.75) is 25.7 Å². The maximum atomic E-state index is 13.8. The number of benzene rings is 3. The van der Waals surface area contributed by atoms with E-state index in [1.165, 1.54) is 23.5 Å². The van der Waals surface area contributed by atoms with Crippen molar-refractivity contribution in [2.24, 2.45) is 0 Å². The maximum absolute atomic E-state index is 13.8. The molecule has 5 aromatic rings. The number of H-pyrrole nitrogens is 1. The zero-order valence-corrected chi connectivity index (χ0v) is 25.7. The molecule has 0 radical (unpaired) electrons. The Labute approximate surface area is 254 Å². The molecule has 0 saturated carbocycles. The molecule has 3 aromatic carbocycles. The predicted molar refractivity (Wildman–Crippen MR) is 169 cm³/mol. The molecule has 1 saturated heterocycles. The molecule has 0 aliphatic carbocycles. The van der Waals surface area contributed by atoms with Gasteiger partial charge in [-0.2, -0.15) is 0 Å². The number of fused-ring (bicyclic) bond motifs is 2. The van der Waals surface area contributed by atoms with Crippen LogP contribution in [0.5, 0.6) is 0 Å². The van der Waals surface area contributed by atoms with Crippen LogP contribution in [-0.4, -0.2) is 63.6 Å². The highest BCUT2D eigenvalue weighted by molar-refractivity contribution is 7.92. The van der Waals surface area contributed by atoms with Gasteiger partial charge < -0.3 is 19.6 Å². The summed E-state index contributed by atoms with van der Waals surface area (Å²) in [5, 5.41) is 3.90. The molecule has 0 bridgehead atoms. The first-order valence-corrected chi connectivity index (χ1v) is 16.2. The van der Waals surface area contributed by atoms with Gasteiger partial charge in [0.05, 0.1) is 23.1 Å². The molecule has 1 atom stereocenters. The van der Waals surface area contributed by atoms with Crippen molar-refractivity contribution in [1.29, 1.82) is 0 Å². The van der Waals surface area contributed by atoms with Crippen molar-refractivity contribution in [2.75, 3.05) is 37.7 Å². The molecule has 1 fully saturated rings. The lowest BCUT2D eigenvalue weighted by Gasteiger charge is -2.35. The van der Waals surface area contributed by atoms with Crippen LogP contribution in [0.4, 0.5) is 10.1 Å². The van der Waals surface area contributed by atoms with E-state index in [-0.39, 0.29) is 17.7 Å². The number of aromatic nitrogens is 1. The summed E-state index contributed by atoms with van der Waals surface area (Å²) in [6, 6.07) is 15.4.